The van der Waals surface area contributed by atoms with Crippen molar-refractivity contribution in [2.24, 2.45) is 0 Å². The summed E-state index contributed by atoms with van der Waals surface area (Å²) in [7, 11) is 0. The minimum Gasteiger partial charge on any atom is -0.482 e. The molecular formula is C15H12ClF3N4O. The standard InChI is InChI=1S/C15H12ClF3N4O/c1-9-13(24-8-15(17,18)19)3-2-10(21-9)6-23-7-11-12(22-23)4-5-20-14(11)16/h2-5,7H,6,8H2,1H3. The van der Waals surface area contributed by atoms with Crippen molar-refractivity contribution in [1.82, 2.24) is 19.7 Å². The lowest BCUT2D eigenvalue weighted by Gasteiger charge is -2.11. The van der Waals surface area contributed by atoms with E-state index < -0.39 is 12.8 Å². The molecule has 3 heterocycles. The molecule has 0 aromatic carbocycles. The summed E-state index contributed by atoms with van der Waals surface area (Å²) in [6.45, 7) is 0.603. The van der Waals surface area contributed by atoms with Gasteiger partial charge in [-0.05, 0) is 25.1 Å². The maximum atomic E-state index is 12.2. The number of aryl methyl sites for hydroxylation is 1. The van der Waals surface area contributed by atoms with Crippen molar-refractivity contribution < 1.29 is 17.9 Å². The quantitative estimate of drug-likeness (QED) is 0.668. The molecule has 0 N–H and O–H groups in total. The average Bonchev–Trinajstić information content (AvgIpc) is 2.89. The number of fused-ring (bicyclic) bond motifs is 1. The van der Waals surface area contributed by atoms with Crippen molar-refractivity contribution in [3.05, 3.63) is 47.1 Å². The Morgan fingerprint density at radius 3 is 2.71 bits per heavy atom. The molecule has 0 fully saturated rings. The van der Waals surface area contributed by atoms with Crippen molar-refractivity contribution in [3.8, 4) is 5.75 Å². The number of ether oxygens (including phenoxy) is 1. The van der Waals surface area contributed by atoms with Gasteiger partial charge in [0.25, 0.3) is 0 Å². The average molecular weight is 357 g/mol. The summed E-state index contributed by atoms with van der Waals surface area (Å²) in [6.07, 6.45) is -1.07. The Kier molecular flexibility index (Phi) is 4.31. The van der Waals surface area contributed by atoms with E-state index in [9.17, 15) is 13.2 Å². The van der Waals surface area contributed by atoms with E-state index in [1.54, 1.807) is 36.1 Å². The molecule has 0 saturated carbocycles. The normalized spacial score (nSPS) is 11.9. The monoisotopic (exact) mass is 356 g/mol. The van der Waals surface area contributed by atoms with Gasteiger partial charge in [0.15, 0.2) is 6.61 Å². The Morgan fingerprint density at radius 1 is 1.25 bits per heavy atom. The number of nitrogens with zero attached hydrogens (tertiary/aromatic N) is 4. The van der Waals surface area contributed by atoms with Gasteiger partial charge in [0.1, 0.15) is 10.9 Å². The summed E-state index contributed by atoms with van der Waals surface area (Å²) in [5.41, 5.74) is 1.73. The number of rotatable bonds is 4. The SMILES string of the molecule is Cc1nc(Cn2cc3c(Cl)nccc3n2)ccc1OCC(F)(F)F. The van der Waals surface area contributed by atoms with E-state index in [1.165, 1.54) is 6.07 Å². The Balaban J connectivity index is 1.77. The largest absolute Gasteiger partial charge is 0.482 e. The summed E-state index contributed by atoms with van der Waals surface area (Å²) in [6, 6.07) is 4.82. The molecule has 3 aromatic rings. The maximum Gasteiger partial charge on any atom is 0.422 e. The second kappa shape index (κ2) is 6.27. The highest BCUT2D eigenvalue weighted by atomic mass is 35.5. The van der Waals surface area contributed by atoms with Gasteiger partial charge in [-0.2, -0.15) is 18.3 Å². The van der Waals surface area contributed by atoms with Crippen LogP contribution in [0.2, 0.25) is 5.15 Å². The topological polar surface area (TPSA) is 52.8 Å². The number of hydrogen-bond donors (Lipinski definition) is 0. The Labute approximate surface area is 140 Å². The molecule has 5 nitrogen and oxygen atoms in total. The zero-order valence-corrected chi connectivity index (χ0v) is 13.3. The van der Waals surface area contributed by atoms with E-state index in [4.69, 9.17) is 16.3 Å². The Hall–Kier alpha value is -2.35. The van der Waals surface area contributed by atoms with Gasteiger partial charge < -0.3 is 4.74 Å². The summed E-state index contributed by atoms with van der Waals surface area (Å²) in [5, 5.41) is 5.44. The first-order valence-corrected chi connectivity index (χ1v) is 7.33. The molecule has 24 heavy (non-hydrogen) atoms. The molecule has 3 rings (SSSR count). The molecule has 0 aliphatic rings. The zero-order valence-electron chi connectivity index (χ0n) is 12.5. The van der Waals surface area contributed by atoms with Crippen molar-refractivity contribution in [2.75, 3.05) is 6.61 Å². The van der Waals surface area contributed by atoms with E-state index >= 15 is 0 Å². The Morgan fingerprint density at radius 2 is 2.04 bits per heavy atom. The minimum absolute atomic E-state index is 0.106. The second-order valence-corrected chi connectivity index (χ2v) is 5.51. The van der Waals surface area contributed by atoms with Crippen LogP contribution < -0.4 is 4.74 Å². The predicted octanol–water partition coefficient (Wildman–Crippen LogP) is 3.78. The molecule has 0 saturated heterocycles. The van der Waals surface area contributed by atoms with Crippen LogP contribution in [0.3, 0.4) is 0 Å². The number of alkyl halides is 3. The first kappa shape index (κ1) is 16.5. The van der Waals surface area contributed by atoms with Crippen LogP contribution in [0.1, 0.15) is 11.4 Å². The first-order chi connectivity index (χ1) is 11.3. The third-order valence-corrected chi connectivity index (χ3v) is 3.54. The van der Waals surface area contributed by atoms with Crippen LogP contribution in [0.25, 0.3) is 10.9 Å². The van der Waals surface area contributed by atoms with Crippen molar-refractivity contribution >= 4 is 22.5 Å². The fraction of sp³-hybridized carbons (Fsp3) is 0.267. The second-order valence-electron chi connectivity index (χ2n) is 5.15. The van der Waals surface area contributed by atoms with Crippen LogP contribution in [-0.2, 0) is 6.54 Å². The summed E-state index contributed by atoms with van der Waals surface area (Å²) < 4.78 is 43.0. The molecule has 0 atom stereocenters. The predicted molar refractivity (Wildman–Crippen MR) is 82.2 cm³/mol. The highest BCUT2D eigenvalue weighted by Gasteiger charge is 2.28. The van der Waals surface area contributed by atoms with Crippen LogP contribution in [0.15, 0.2) is 30.6 Å². The van der Waals surface area contributed by atoms with Gasteiger partial charge in [-0.25, -0.2) is 4.98 Å². The lowest BCUT2D eigenvalue weighted by Crippen LogP contribution is -2.19. The smallest absolute Gasteiger partial charge is 0.422 e. The maximum absolute atomic E-state index is 12.2. The van der Waals surface area contributed by atoms with E-state index in [2.05, 4.69) is 15.1 Å². The van der Waals surface area contributed by atoms with Crippen LogP contribution in [0.4, 0.5) is 13.2 Å². The number of aromatic nitrogens is 4. The highest BCUT2D eigenvalue weighted by molar-refractivity contribution is 6.34. The van der Waals surface area contributed by atoms with Gasteiger partial charge >= 0.3 is 6.18 Å². The molecule has 126 valence electrons. The molecule has 0 unspecified atom stereocenters. The molecule has 9 heteroatoms. The van der Waals surface area contributed by atoms with Crippen molar-refractivity contribution in [2.45, 2.75) is 19.6 Å². The highest BCUT2D eigenvalue weighted by Crippen LogP contribution is 2.22. The minimum atomic E-state index is -4.38. The van der Waals surface area contributed by atoms with Crippen LogP contribution in [0.5, 0.6) is 5.75 Å². The fourth-order valence-corrected chi connectivity index (χ4v) is 2.41. The van der Waals surface area contributed by atoms with Gasteiger partial charge in [0.2, 0.25) is 0 Å². The Bertz CT molecular complexity index is 879. The van der Waals surface area contributed by atoms with Crippen molar-refractivity contribution in [3.63, 3.8) is 0 Å². The molecule has 0 bridgehead atoms. The van der Waals surface area contributed by atoms with Gasteiger partial charge in [0, 0.05) is 12.4 Å². The van der Waals surface area contributed by atoms with Crippen molar-refractivity contribution in [1.29, 1.82) is 0 Å². The van der Waals surface area contributed by atoms with E-state index in [-0.39, 0.29) is 5.75 Å². The van der Waals surface area contributed by atoms with Crippen LogP contribution >= 0.6 is 11.6 Å². The molecule has 3 aromatic heterocycles. The lowest BCUT2D eigenvalue weighted by molar-refractivity contribution is -0.153. The molecule has 0 radical (unpaired) electrons. The third-order valence-electron chi connectivity index (χ3n) is 3.24. The van der Waals surface area contributed by atoms with Gasteiger partial charge in [0.05, 0.1) is 28.8 Å². The number of halogens is 4. The van der Waals surface area contributed by atoms with E-state index in [1.807, 2.05) is 0 Å². The molecule has 0 spiro atoms. The fourth-order valence-electron chi connectivity index (χ4n) is 2.21. The molecule has 0 aliphatic heterocycles. The molecular weight excluding hydrogens is 345 g/mol. The molecule has 0 aliphatic carbocycles. The zero-order chi connectivity index (χ0) is 17.3. The first-order valence-electron chi connectivity index (χ1n) is 6.95. The third kappa shape index (κ3) is 3.76. The van der Waals surface area contributed by atoms with Crippen LogP contribution in [0, 0.1) is 6.92 Å². The summed E-state index contributed by atoms with van der Waals surface area (Å²) >= 11 is 6.00. The number of pyridine rings is 2. The van der Waals surface area contributed by atoms with E-state index in [0.29, 0.717) is 28.6 Å². The van der Waals surface area contributed by atoms with Gasteiger partial charge in [-0.1, -0.05) is 11.6 Å². The van der Waals surface area contributed by atoms with Gasteiger partial charge in [-0.15, -0.1) is 0 Å². The number of hydrogen-bond acceptors (Lipinski definition) is 4. The van der Waals surface area contributed by atoms with Crippen LogP contribution in [-0.4, -0.2) is 32.5 Å². The summed E-state index contributed by atoms with van der Waals surface area (Å²) in [4.78, 5) is 8.24. The summed E-state index contributed by atoms with van der Waals surface area (Å²) in [5.74, 6) is 0.106. The van der Waals surface area contributed by atoms with Gasteiger partial charge in [-0.3, -0.25) is 9.67 Å². The van der Waals surface area contributed by atoms with E-state index in [0.717, 1.165) is 5.39 Å². The lowest BCUT2D eigenvalue weighted by atomic mass is 10.3. The molecule has 0 amide bonds.